The number of carbonyl (C=O) groups is 2. The van der Waals surface area contributed by atoms with Gasteiger partial charge in [0.05, 0.1) is 6.54 Å². The number of primary amides is 1. The summed E-state index contributed by atoms with van der Waals surface area (Å²) < 4.78 is 0. The van der Waals surface area contributed by atoms with E-state index in [0.29, 0.717) is 12.2 Å². The zero-order chi connectivity index (χ0) is 9.90. The number of hydrogen-bond acceptors (Lipinski definition) is 4. The largest absolute Gasteiger partial charge is 0.480 e. The quantitative estimate of drug-likeness (QED) is 0.547. The molecule has 1 fully saturated rings. The molecule has 74 valence electrons. The maximum atomic E-state index is 10.9. The fourth-order valence-electron chi connectivity index (χ4n) is 1.20. The molecule has 1 heterocycles. The molecule has 0 bridgehead atoms. The number of carboxylic acids is 1. The van der Waals surface area contributed by atoms with Gasteiger partial charge in [-0.25, -0.2) is 0 Å². The van der Waals surface area contributed by atoms with Crippen molar-refractivity contribution in [1.29, 1.82) is 0 Å². The molecule has 1 amide bonds. The van der Waals surface area contributed by atoms with Gasteiger partial charge in [0.2, 0.25) is 5.91 Å². The minimum absolute atomic E-state index is 0.0765. The van der Waals surface area contributed by atoms with E-state index < -0.39 is 17.4 Å². The number of amides is 1. The van der Waals surface area contributed by atoms with Crippen LogP contribution in [0.5, 0.6) is 0 Å². The number of aliphatic carboxylic acids is 1. The Balaban J connectivity index is 2.57. The smallest absolute Gasteiger partial charge is 0.324 e. The van der Waals surface area contributed by atoms with E-state index in [9.17, 15) is 9.59 Å². The van der Waals surface area contributed by atoms with E-state index in [2.05, 4.69) is 5.32 Å². The molecule has 0 saturated carbocycles. The van der Waals surface area contributed by atoms with Crippen molar-refractivity contribution in [3.8, 4) is 0 Å². The Morgan fingerprint density at radius 2 is 2.31 bits per heavy atom. The van der Waals surface area contributed by atoms with Gasteiger partial charge in [0.15, 0.2) is 0 Å². The molecule has 5 nitrogen and oxygen atoms in total. The minimum atomic E-state index is -0.945. The predicted molar refractivity (Wildman–Crippen MR) is 49.5 cm³/mol. The number of hydrogen-bond donors (Lipinski definition) is 3. The number of carbonyl (C=O) groups excluding carboxylic acids is 1. The van der Waals surface area contributed by atoms with Gasteiger partial charge in [0, 0.05) is 5.75 Å². The summed E-state index contributed by atoms with van der Waals surface area (Å²) in [6.45, 7) is -0.0765. The van der Waals surface area contributed by atoms with Crippen LogP contribution in [0.15, 0.2) is 0 Å². The summed E-state index contributed by atoms with van der Waals surface area (Å²) >= 11 is 1.57. The lowest BCUT2D eigenvalue weighted by atomic mass is 9.99. The molecule has 4 N–H and O–H groups in total. The van der Waals surface area contributed by atoms with Gasteiger partial charge in [-0.2, -0.15) is 11.8 Å². The van der Waals surface area contributed by atoms with Crippen molar-refractivity contribution < 1.29 is 14.7 Å². The molecule has 0 aromatic rings. The Morgan fingerprint density at radius 1 is 1.62 bits per heavy atom. The monoisotopic (exact) mass is 204 g/mol. The van der Waals surface area contributed by atoms with Gasteiger partial charge in [-0.15, -0.1) is 0 Å². The van der Waals surface area contributed by atoms with Crippen molar-refractivity contribution in [3.63, 3.8) is 0 Å². The number of nitrogens with one attached hydrogen (secondary N) is 1. The van der Waals surface area contributed by atoms with Gasteiger partial charge in [-0.3, -0.25) is 14.9 Å². The third-order valence-corrected chi connectivity index (χ3v) is 3.22. The third kappa shape index (κ3) is 2.35. The zero-order valence-corrected chi connectivity index (χ0v) is 7.89. The Labute approximate surface area is 80.1 Å². The number of carboxylic acid groups (broad SMARTS) is 1. The molecule has 6 heteroatoms. The molecule has 1 unspecified atom stereocenters. The molecule has 0 aromatic carbocycles. The van der Waals surface area contributed by atoms with E-state index in [-0.39, 0.29) is 6.54 Å². The van der Waals surface area contributed by atoms with Crippen molar-refractivity contribution in [1.82, 2.24) is 5.32 Å². The third-order valence-electron chi connectivity index (χ3n) is 2.03. The first-order chi connectivity index (χ1) is 6.07. The average molecular weight is 204 g/mol. The van der Waals surface area contributed by atoms with Gasteiger partial charge in [-0.1, -0.05) is 0 Å². The van der Waals surface area contributed by atoms with Crippen LogP contribution in [0.1, 0.15) is 6.42 Å². The van der Waals surface area contributed by atoms with E-state index in [0.717, 1.165) is 5.75 Å². The summed E-state index contributed by atoms with van der Waals surface area (Å²) in [6, 6.07) is 0. The highest BCUT2D eigenvalue weighted by molar-refractivity contribution is 7.99. The maximum Gasteiger partial charge on any atom is 0.324 e. The fourth-order valence-corrected chi connectivity index (χ4v) is 2.56. The first-order valence-corrected chi connectivity index (χ1v) is 5.07. The van der Waals surface area contributed by atoms with E-state index in [4.69, 9.17) is 10.8 Å². The molecule has 0 aromatic heterocycles. The predicted octanol–water partition coefficient (Wildman–Crippen LogP) is -0.978. The number of thioether (sulfide) groups is 1. The van der Waals surface area contributed by atoms with Gasteiger partial charge in [-0.05, 0) is 12.2 Å². The molecular weight excluding hydrogens is 192 g/mol. The van der Waals surface area contributed by atoms with Crippen molar-refractivity contribution >= 4 is 23.6 Å². The molecule has 1 aliphatic rings. The normalized spacial score (nSPS) is 27.4. The van der Waals surface area contributed by atoms with Crippen molar-refractivity contribution in [2.45, 2.75) is 12.0 Å². The second kappa shape index (κ2) is 3.97. The standard InChI is InChI=1S/C7H12N2O3S/c8-5(10)3-9-7(6(11)12)1-2-13-4-7/h9H,1-4H2,(H2,8,10)(H,11,12). The highest BCUT2D eigenvalue weighted by Gasteiger charge is 2.41. The van der Waals surface area contributed by atoms with E-state index in [1.54, 1.807) is 11.8 Å². The topological polar surface area (TPSA) is 92.4 Å². The highest BCUT2D eigenvalue weighted by atomic mass is 32.2. The van der Waals surface area contributed by atoms with Crippen molar-refractivity contribution in [3.05, 3.63) is 0 Å². The molecule has 1 saturated heterocycles. The molecule has 0 radical (unpaired) electrons. The SMILES string of the molecule is NC(=O)CNC1(C(=O)O)CCSC1. The zero-order valence-electron chi connectivity index (χ0n) is 7.08. The molecule has 0 aliphatic carbocycles. The summed E-state index contributed by atoms with van der Waals surface area (Å²) in [5.74, 6) is -0.135. The van der Waals surface area contributed by atoms with Gasteiger partial charge in [0.1, 0.15) is 5.54 Å². The van der Waals surface area contributed by atoms with Gasteiger partial charge >= 0.3 is 5.97 Å². The lowest BCUT2D eigenvalue weighted by molar-refractivity contribution is -0.143. The van der Waals surface area contributed by atoms with Crippen LogP contribution < -0.4 is 11.1 Å². The summed E-state index contributed by atoms with van der Waals surface area (Å²) in [5.41, 5.74) is 3.98. The average Bonchev–Trinajstić information content (AvgIpc) is 2.50. The number of nitrogens with two attached hydrogens (primary N) is 1. The Kier molecular flexibility index (Phi) is 3.16. The maximum absolute atomic E-state index is 10.9. The molecule has 1 atom stereocenters. The van der Waals surface area contributed by atoms with Crippen LogP contribution in [0, 0.1) is 0 Å². The summed E-state index contributed by atoms with van der Waals surface area (Å²) in [5, 5.41) is 11.6. The van der Waals surface area contributed by atoms with Crippen LogP contribution >= 0.6 is 11.8 Å². The summed E-state index contributed by atoms with van der Waals surface area (Å²) in [7, 11) is 0. The van der Waals surface area contributed by atoms with E-state index >= 15 is 0 Å². The van der Waals surface area contributed by atoms with E-state index in [1.807, 2.05) is 0 Å². The van der Waals surface area contributed by atoms with Crippen LogP contribution in [0.2, 0.25) is 0 Å². The molecule has 1 aliphatic heterocycles. The lowest BCUT2D eigenvalue weighted by Crippen LogP contribution is -2.54. The van der Waals surface area contributed by atoms with Crippen LogP contribution in [-0.2, 0) is 9.59 Å². The molecular formula is C7H12N2O3S. The van der Waals surface area contributed by atoms with Crippen LogP contribution in [0.25, 0.3) is 0 Å². The Hall–Kier alpha value is -0.750. The first kappa shape index (κ1) is 10.3. The first-order valence-electron chi connectivity index (χ1n) is 3.91. The molecule has 1 rings (SSSR count). The Morgan fingerprint density at radius 3 is 2.69 bits per heavy atom. The second-order valence-corrected chi connectivity index (χ2v) is 4.11. The second-order valence-electron chi connectivity index (χ2n) is 3.01. The van der Waals surface area contributed by atoms with E-state index in [1.165, 1.54) is 0 Å². The van der Waals surface area contributed by atoms with Crippen LogP contribution in [0.4, 0.5) is 0 Å². The van der Waals surface area contributed by atoms with Crippen LogP contribution in [-0.4, -0.2) is 40.6 Å². The minimum Gasteiger partial charge on any atom is -0.480 e. The van der Waals surface area contributed by atoms with Gasteiger partial charge < -0.3 is 10.8 Å². The summed E-state index contributed by atoms with van der Waals surface area (Å²) in [6.07, 6.45) is 0.542. The van der Waals surface area contributed by atoms with Gasteiger partial charge in [0.25, 0.3) is 0 Å². The Bertz CT molecular complexity index is 226. The molecule has 13 heavy (non-hydrogen) atoms. The fraction of sp³-hybridized carbons (Fsp3) is 0.714. The lowest BCUT2D eigenvalue weighted by Gasteiger charge is -2.23. The highest BCUT2D eigenvalue weighted by Crippen LogP contribution is 2.27. The van der Waals surface area contributed by atoms with Crippen molar-refractivity contribution in [2.24, 2.45) is 5.73 Å². The molecule has 0 spiro atoms. The summed E-state index contributed by atoms with van der Waals surface area (Å²) in [4.78, 5) is 21.4. The van der Waals surface area contributed by atoms with Crippen LogP contribution in [0.3, 0.4) is 0 Å². The number of rotatable bonds is 4. The van der Waals surface area contributed by atoms with Crippen molar-refractivity contribution in [2.75, 3.05) is 18.1 Å².